The molecule has 2 saturated carbocycles. The molecule has 0 spiro atoms. The van der Waals surface area contributed by atoms with Crippen LogP contribution in [0.15, 0.2) is 16.7 Å². The number of aliphatic hydroxyl groups is 1. The highest BCUT2D eigenvalue weighted by molar-refractivity contribution is 5.82. The first-order valence-corrected chi connectivity index (χ1v) is 13.5. The normalized spacial score (nSPS) is 21.1. The first-order chi connectivity index (χ1) is 16.6. The summed E-state index contributed by atoms with van der Waals surface area (Å²) in [4.78, 5) is 13.2. The number of aryl methyl sites for hydroxylation is 1. The number of nitrogens with zero attached hydrogens (tertiary/aromatic N) is 1. The second-order valence-corrected chi connectivity index (χ2v) is 12.4. The van der Waals surface area contributed by atoms with Crippen LogP contribution >= 0.6 is 0 Å². The first-order valence-electron chi connectivity index (χ1n) is 13.5. The summed E-state index contributed by atoms with van der Waals surface area (Å²) in [5.74, 6) is 3.17. The van der Waals surface area contributed by atoms with Gasteiger partial charge in [0.05, 0.1) is 5.69 Å². The van der Waals surface area contributed by atoms with Crippen molar-refractivity contribution in [3.63, 3.8) is 0 Å². The Balaban J connectivity index is 1.50. The fourth-order valence-electron chi connectivity index (χ4n) is 5.98. The number of aromatic nitrogens is 1. The standard InChI is InChI=1S/C30H43NO4/c1-18-8-9-22(19(2)28(18)34)15-25(33)16-23(7-6-12-32)27-26(21-10-11-21)29(35-31-27)24-13-20(14-24)17-30(3,4)5/h8-9,20-21,23-24,32,34H,6-7,10-17H2,1-5H3/t20?,23-,24?/m0/s1. The number of rotatable bonds is 11. The number of aliphatic hydroxyl groups excluding tert-OH is 1. The Hall–Kier alpha value is -2.14. The Morgan fingerprint density at radius 1 is 1.17 bits per heavy atom. The third kappa shape index (κ3) is 6.17. The number of benzene rings is 1. The first kappa shape index (κ1) is 25.9. The van der Waals surface area contributed by atoms with Crippen LogP contribution in [0.25, 0.3) is 0 Å². The van der Waals surface area contributed by atoms with Crippen molar-refractivity contribution in [1.82, 2.24) is 5.16 Å². The molecule has 2 aliphatic rings. The lowest BCUT2D eigenvalue weighted by Gasteiger charge is -2.38. The Morgan fingerprint density at radius 2 is 1.89 bits per heavy atom. The molecule has 0 saturated heterocycles. The third-order valence-corrected chi connectivity index (χ3v) is 7.98. The Kier molecular flexibility index (Phi) is 7.75. The predicted molar refractivity (Wildman–Crippen MR) is 138 cm³/mol. The molecule has 1 aromatic carbocycles. The smallest absolute Gasteiger partial charge is 0.143 e. The molecule has 0 unspecified atom stereocenters. The lowest BCUT2D eigenvalue weighted by atomic mass is 9.66. The zero-order valence-corrected chi connectivity index (χ0v) is 22.2. The second kappa shape index (κ2) is 10.5. The topological polar surface area (TPSA) is 83.6 Å². The van der Waals surface area contributed by atoms with Crippen molar-refractivity contribution >= 4 is 5.78 Å². The SMILES string of the molecule is Cc1ccc(CC(=O)C[C@H](CCCO)c2noc(C3CC(CC(C)(C)C)C3)c2C2CC2)c(C)c1O. The van der Waals surface area contributed by atoms with Gasteiger partial charge in [-0.2, -0.15) is 0 Å². The van der Waals surface area contributed by atoms with Crippen molar-refractivity contribution in [3.05, 3.63) is 45.8 Å². The predicted octanol–water partition coefficient (Wildman–Crippen LogP) is 6.86. The lowest BCUT2D eigenvalue weighted by molar-refractivity contribution is -0.118. The maximum atomic E-state index is 13.2. The zero-order chi connectivity index (χ0) is 25.3. The van der Waals surface area contributed by atoms with Gasteiger partial charge >= 0.3 is 0 Å². The van der Waals surface area contributed by atoms with E-state index in [0.29, 0.717) is 36.5 Å². The van der Waals surface area contributed by atoms with Gasteiger partial charge in [0.25, 0.3) is 0 Å². The molecule has 0 amide bonds. The molecule has 2 fully saturated rings. The Labute approximate surface area is 210 Å². The van der Waals surface area contributed by atoms with E-state index in [9.17, 15) is 15.0 Å². The van der Waals surface area contributed by atoms with E-state index < -0.39 is 0 Å². The van der Waals surface area contributed by atoms with Crippen LogP contribution in [0.1, 0.15) is 124 Å². The number of phenols is 1. The minimum Gasteiger partial charge on any atom is -0.507 e. The number of hydrogen-bond donors (Lipinski definition) is 2. The van der Waals surface area contributed by atoms with Crippen LogP contribution in [0.2, 0.25) is 0 Å². The van der Waals surface area contributed by atoms with E-state index in [-0.39, 0.29) is 24.1 Å². The molecule has 0 bridgehead atoms. The Bertz CT molecular complexity index is 1040. The van der Waals surface area contributed by atoms with Gasteiger partial charge in [-0.15, -0.1) is 0 Å². The summed E-state index contributed by atoms with van der Waals surface area (Å²) >= 11 is 0. The highest BCUT2D eigenvalue weighted by Crippen LogP contribution is 2.53. The molecule has 4 rings (SSSR count). The van der Waals surface area contributed by atoms with Crippen LogP contribution < -0.4 is 0 Å². The molecule has 1 aromatic heterocycles. The van der Waals surface area contributed by atoms with Gasteiger partial charge in [0, 0.05) is 36.8 Å². The molecule has 2 N–H and O–H groups in total. The second-order valence-electron chi connectivity index (χ2n) is 12.4. The van der Waals surface area contributed by atoms with Crippen LogP contribution in [0.4, 0.5) is 0 Å². The van der Waals surface area contributed by atoms with Crippen molar-refractivity contribution in [2.24, 2.45) is 11.3 Å². The van der Waals surface area contributed by atoms with Crippen LogP contribution in [0.5, 0.6) is 5.75 Å². The van der Waals surface area contributed by atoms with Gasteiger partial charge in [0.2, 0.25) is 0 Å². The number of phenolic OH excluding ortho intramolecular Hbond substituents is 1. The van der Waals surface area contributed by atoms with Gasteiger partial charge < -0.3 is 14.7 Å². The van der Waals surface area contributed by atoms with E-state index in [1.54, 1.807) is 0 Å². The van der Waals surface area contributed by atoms with Gasteiger partial charge in [-0.1, -0.05) is 38.1 Å². The van der Waals surface area contributed by atoms with Gasteiger partial charge in [-0.05, 0) is 92.7 Å². The molecule has 0 aliphatic heterocycles. The molecule has 192 valence electrons. The quantitative estimate of drug-likeness (QED) is 0.366. The molecule has 0 radical (unpaired) electrons. The molecular weight excluding hydrogens is 438 g/mol. The van der Waals surface area contributed by atoms with Crippen molar-refractivity contribution in [2.75, 3.05) is 6.61 Å². The summed E-state index contributed by atoms with van der Waals surface area (Å²) in [6.45, 7) is 10.8. The van der Waals surface area contributed by atoms with Gasteiger partial charge in [0.1, 0.15) is 17.3 Å². The number of aromatic hydroxyl groups is 1. The summed E-state index contributed by atoms with van der Waals surface area (Å²) in [7, 11) is 0. The van der Waals surface area contributed by atoms with Crippen LogP contribution in [-0.2, 0) is 11.2 Å². The van der Waals surface area contributed by atoms with E-state index in [2.05, 4.69) is 25.9 Å². The number of ketones is 1. The highest BCUT2D eigenvalue weighted by Gasteiger charge is 2.42. The maximum absolute atomic E-state index is 13.2. The highest BCUT2D eigenvalue weighted by atomic mass is 16.5. The number of Topliss-reactive ketones (excluding diaryl/α,β-unsaturated/α-hetero) is 1. The molecule has 5 heteroatoms. The van der Waals surface area contributed by atoms with E-state index in [4.69, 9.17) is 4.52 Å². The molecule has 2 aliphatic carbocycles. The van der Waals surface area contributed by atoms with Crippen LogP contribution in [-0.4, -0.2) is 27.8 Å². The fraction of sp³-hybridized carbons (Fsp3) is 0.667. The number of carbonyl (C=O) groups is 1. The van der Waals surface area contributed by atoms with Gasteiger partial charge in [0.15, 0.2) is 0 Å². The molecule has 35 heavy (non-hydrogen) atoms. The molecular formula is C30H43NO4. The fourth-order valence-corrected chi connectivity index (χ4v) is 5.98. The number of carbonyl (C=O) groups excluding carboxylic acids is 1. The van der Waals surface area contributed by atoms with Crippen molar-refractivity contribution in [2.45, 2.75) is 110 Å². The minimum atomic E-state index is -0.0347. The minimum absolute atomic E-state index is 0.0347. The molecule has 2 aromatic rings. The van der Waals surface area contributed by atoms with E-state index in [0.717, 1.165) is 40.5 Å². The van der Waals surface area contributed by atoms with E-state index in [1.165, 1.54) is 37.7 Å². The van der Waals surface area contributed by atoms with Gasteiger partial charge in [-0.3, -0.25) is 4.79 Å². The van der Waals surface area contributed by atoms with Crippen molar-refractivity contribution in [1.29, 1.82) is 0 Å². The average Bonchev–Trinajstić information content (AvgIpc) is 3.51. The van der Waals surface area contributed by atoms with Gasteiger partial charge in [-0.25, -0.2) is 0 Å². The number of hydrogen-bond acceptors (Lipinski definition) is 5. The summed E-state index contributed by atoms with van der Waals surface area (Å²) in [5, 5.41) is 24.4. The maximum Gasteiger partial charge on any atom is 0.143 e. The summed E-state index contributed by atoms with van der Waals surface area (Å²) in [5.41, 5.74) is 5.08. The van der Waals surface area contributed by atoms with Crippen LogP contribution in [0, 0.1) is 25.2 Å². The van der Waals surface area contributed by atoms with Crippen LogP contribution in [0.3, 0.4) is 0 Å². The summed E-state index contributed by atoms with van der Waals surface area (Å²) < 4.78 is 6.03. The zero-order valence-electron chi connectivity index (χ0n) is 22.2. The summed E-state index contributed by atoms with van der Waals surface area (Å²) in [6, 6.07) is 3.81. The third-order valence-electron chi connectivity index (χ3n) is 7.98. The summed E-state index contributed by atoms with van der Waals surface area (Å²) in [6.07, 6.45) is 7.97. The van der Waals surface area contributed by atoms with Crippen molar-refractivity contribution < 1.29 is 19.5 Å². The monoisotopic (exact) mass is 481 g/mol. The molecule has 1 atom stereocenters. The molecule has 1 heterocycles. The van der Waals surface area contributed by atoms with Crippen molar-refractivity contribution in [3.8, 4) is 5.75 Å². The average molecular weight is 482 g/mol. The van der Waals surface area contributed by atoms with E-state index in [1.807, 2.05) is 26.0 Å². The van der Waals surface area contributed by atoms with E-state index >= 15 is 0 Å². The lowest BCUT2D eigenvalue weighted by Crippen LogP contribution is -2.26. The molecule has 5 nitrogen and oxygen atoms in total. The Morgan fingerprint density at radius 3 is 2.51 bits per heavy atom. The largest absolute Gasteiger partial charge is 0.507 e.